The summed E-state index contributed by atoms with van der Waals surface area (Å²) in [6.07, 6.45) is 23.3. The number of hydrogen-bond donors (Lipinski definition) is 0. The fraction of sp³-hybridized carbons (Fsp3) is 0.652. The van der Waals surface area contributed by atoms with Crippen molar-refractivity contribution in [3.05, 3.63) is 36.1 Å². The monoisotopic (exact) mass is 378 g/mol. The Hall–Kier alpha value is -1.84. The highest BCUT2D eigenvalue weighted by Crippen LogP contribution is 2.09. The number of methoxy groups -OCH3 is 1. The molecule has 0 saturated carbocycles. The van der Waals surface area contributed by atoms with Crippen LogP contribution < -0.4 is 0 Å². The van der Waals surface area contributed by atoms with Crippen molar-refractivity contribution in [3.63, 3.8) is 0 Å². The van der Waals surface area contributed by atoms with Crippen LogP contribution in [0, 0.1) is 0 Å². The Morgan fingerprint density at radius 1 is 0.815 bits per heavy atom. The molecular weight excluding hydrogens is 340 g/mol. The number of ether oxygens (including phenoxy) is 2. The summed E-state index contributed by atoms with van der Waals surface area (Å²) < 4.78 is 9.46. The molecule has 4 heteroatoms. The Morgan fingerprint density at radius 2 is 1.41 bits per heavy atom. The number of hydrogen-bond acceptors (Lipinski definition) is 4. The molecule has 0 aliphatic heterocycles. The van der Waals surface area contributed by atoms with E-state index >= 15 is 0 Å². The van der Waals surface area contributed by atoms with Crippen LogP contribution in [-0.4, -0.2) is 19.0 Å². The standard InChI is InChI=1S/C23H38O4/c1-4-5-6-7-8-9-10-11-12-13-14-15-16-17-18-19-22(24)27-20-21(2)23(25)26-3/h8-9,11-12,20H,4-7,10,13-19H2,1-3H3/b9-8-,12-11-,21-20?. The Morgan fingerprint density at radius 3 is 2.04 bits per heavy atom. The van der Waals surface area contributed by atoms with Crippen molar-refractivity contribution in [2.45, 2.75) is 90.9 Å². The Bertz CT molecular complexity index is 475. The largest absolute Gasteiger partial charge is 0.466 e. The fourth-order valence-corrected chi connectivity index (χ4v) is 2.50. The summed E-state index contributed by atoms with van der Waals surface area (Å²) in [6, 6.07) is 0. The minimum absolute atomic E-state index is 0.283. The predicted molar refractivity (Wildman–Crippen MR) is 111 cm³/mol. The van der Waals surface area contributed by atoms with Gasteiger partial charge in [0.25, 0.3) is 0 Å². The third kappa shape index (κ3) is 17.3. The molecule has 0 radical (unpaired) electrons. The lowest BCUT2D eigenvalue weighted by Gasteiger charge is -2.02. The lowest BCUT2D eigenvalue weighted by Crippen LogP contribution is -2.05. The first-order valence-electron chi connectivity index (χ1n) is 10.4. The fourth-order valence-electron chi connectivity index (χ4n) is 2.50. The second-order valence-electron chi connectivity index (χ2n) is 6.76. The van der Waals surface area contributed by atoms with Gasteiger partial charge in [0.15, 0.2) is 0 Å². The highest BCUT2D eigenvalue weighted by atomic mass is 16.5. The van der Waals surface area contributed by atoms with Crippen LogP contribution in [0.1, 0.15) is 90.9 Å². The molecule has 0 bridgehead atoms. The van der Waals surface area contributed by atoms with Gasteiger partial charge in [0.1, 0.15) is 6.26 Å². The van der Waals surface area contributed by atoms with Crippen LogP contribution in [0.2, 0.25) is 0 Å². The molecule has 0 rings (SSSR count). The van der Waals surface area contributed by atoms with E-state index in [-0.39, 0.29) is 11.5 Å². The van der Waals surface area contributed by atoms with Crippen molar-refractivity contribution >= 4 is 11.9 Å². The van der Waals surface area contributed by atoms with Crippen LogP contribution in [-0.2, 0) is 19.1 Å². The zero-order chi connectivity index (χ0) is 20.2. The maximum atomic E-state index is 11.6. The quantitative estimate of drug-likeness (QED) is 0.102. The van der Waals surface area contributed by atoms with Gasteiger partial charge in [-0.25, -0.2) is 4.79 Å². The van der Waals surface area contributed by atoms with Crippen molar-refractivity contribution in [2.75, 3.05) is 7.11 Å². The zero-order valence-corrected chi connectivity index (χ0v) is 17.5. The summed E-state index contributed by atoms with van der Waals surface area (Å²) in [4.78, 5) is 22.7. The first kappa shape index (κ1) is 25.2. The first-order chi connectivity index (χ1) is 13.1. The summed E-state index contributed by atoms with van der Waals surface area (Å²) in [7, 11) is 1.30. The van der Waals surface area contributed by atoms with Crippen molar-refractivity contribution in [1.29, 1.82) is 0 Å². The van der Waals surface area contributed by atoms with E-state index < -0.39 is 5.97 Å². The summed E-state index contributed by atoms with van der Waals surface area (Å²) in [5.74, 6) is -0.788. The lowest BCUT2D eigenvalue weighted by molar-refractivity contribution is -0.138. The van der Waals surface area contributed by atoms with Gasteiger partial charge in [-0.1, -0.05) is 63.3 Å². The van der Waals surface area contributed by atoms with Gasteiger partial charge in [0.05, 0.1) is 12.7 Å². The molecule has 0 aromatic carbocycles. The molecule has 0 N–H and O–H groups in total. The zero-order valence-electron chi connectivity index (χ0n) is 17.5. The van der Waals surface area contributed by atoms with E-state index in [9.17, 15) is 9.59 Å². The maximum absolute atomic E-state index is 11.6. The Labute approximate surface area is 165 Å². The summed E-state index contributed by atoms with van der Waals surface area (Å²) in [6.45, 7) is 3.78. The molecule has 0 aliphatic rings. The van der Waals surface area contributed by atoms with Crippen LogP contribution >= 0.6 is 0 Å². The van der Waals surface area contributed by atoms with Crippen LogP contribution in [0.4, 0.5) is 0 Å². The first-order valence-corrected chi connectivity index (χ1v) is 10.4. The second kappa shape index (κ2) is 18.9. The van der Waals surface area contributed by atoms with Gasteiger partial charge < -0.3 is 9.47 Å². The van der Waals surface area contributed by atoms with Crippen molar-refractivity contribution in [3.8, 4) is 0 Å². The van der Waals surface area contributed by atoms with Gasteiger partial charge in [-0.05, 0) is 45.4 Å². The molecule has 27 heavy (non-hydrogen) atoms. The van der Waals surface area contributed by atoms with Crippen molar-refractivity contribution in [2.24, 2.45) is 0 Å². The van der Waals surface area contributed by atoms with E-state index in [0.717, 1.165) is 32.1 Å². The SMILES string of the molecule is CCCCC/C=C\C/C=C\CCCCCCCC(=O)OC=C(C)C(=O)OC. The molecule has 0 saturated heterocycles. The van der Waals surface area contributed by atoms with E-state index in [1.165, 1.54) is 51.9 Å². The molecule has 0 unspecified atom stereocenters. The van der Waals surface area contributed by atoms with E-state index in [4.69, 9.17) is 4.74 Å². The smallest absolute Gasteiger partial charge is 0.336 e. The van der Waals surface area contributed by atoms with Gasteiger partial charge >= 0.3 is 11.9 Å². The van der Waals surface area contributed by atoms with Crippen molar-refractivity contribution < 1.29 is 19.1 Å². The number of esters is 2. The molecule has 0 aromatic rings. The molecular formula is C23H38O4. The number of allylic oxidation sites excluding steroid dienone is 4. The Kier molecular flexibility index (Phi) is 17.6. The summed E-state index contributed by atoms with van der Waals surface area (Å²) >= 11 is 0. The number of unbranched alkanes of at least 4 members (excludes halogenated alkanes) is 8. The second-order valence-corrected chi connectivity index (χ2v) is 6.76. The highest BCUT2D eigenvalue weighted by Gasteiger charge is 2.06. The molecule has 0 atom stereocenters. The average molecular weight is 379 g/mol. The Balaban J connectivity index is 3.48. The van der Waals surface area contributed by atoms with Crippen LogP contribution in [0.5, 0.6) is 0 Å². The van der Waals surface area contributed by atoms with Gasteiger partial charge in [-0.3, -0.25) is 4.79 Å². The number of carbonyl (C=O) groups is 2. The molecule has 0 aliphatic carbocycles. The van der Waals surface area contributed by atoms with E-state index in [1.807, 2.05) is 0 Å². The molecule has 154 valence electrons. The van der Waals surface area contributed by atoms with Gasteiger partial charge in [0.2, 0.25) is 0 Å². The van der Waals surface area contributed by atoms with Crippen LogP contribution in [0.3, 0.4) is 0 Å². The van der Waals surface area contributed by atoms with E-state index in [1.54, 1.807) is 6.92 Å². The molecule has 0 heterocycles. The van der Waals surface area contributed by atoms with Crippen LogP contribution in [0.25, 0.3) is 0 Å². The van der Waals surface area contributed by atoms with Crippen LogP contribution in [0.15, 0.2) is 36.1 Å². The molecule has 0 amide bonds. The lowest BCUT2D eigenvalue weighted by atomic mass is 10.1. The van der Waals surface area contributed by atoms with E-state index in [0.29, 0.717) is 6.42 Å². The third-order valence-electron chi connectivity index (χ3n) is 4.21. The number of rotatable bonds is 16. The molecule has 0 spiro atoms. The maximum Gasteiger partial charge on any atom is 0.336 e. The van der Waals surface area contributed by atoms with Crippen molar-refractivity contribution in [1.82, 2.24) is 0 Å². The predicted octanol–water partition coefficient (Wildman–Crippen LogP) is 6.42. The topological polar surface area (TPSA) is 52.6 Å². The normalized spacial score (nSPS) is 12.0. The summed E-state index contributed by atoms with van der Waals surface area (Å²) in [5, 5.41) is 0. The summed E-state index contributed by atoms with van der Waals surface area (Å²) in [5.41, 5.74) is 0.283. The minimum Gasteiger partial charge on any atom is -0.466 e. The molecule has 4 nitrogen and oxygen atoms in total. The average Bonchev–Trinajstić information content (AvgIpc) is 2.68. The van der Waals surface area contributed by atoms with Gasteiger partial charge in [0, 0.05) is 6.42 Å². The van der Waals surface area contributed by atoms with Gasteiger partial charge in [-0.15, -0.1) is 0 Å². The highest BCUT2D eigenvalue weighted by molar-refractivity contribution is 5.87. The van der Waals surface area contributed by atoms with Gasteiger partial charge in [-0.2, -0.15) is 0 Å². The van der Waals surface area contributed by atoms with E-state index in [2.05, 4.69) is 36.0 Å². The number of carbonyl (C=O) groups excluding carboxylic acids is 2. The third-order valence-corrected chi connectivity index (χ3v) is 4.21. The molecule has 0 aromatic heterocycles. The minimum atomic E-state index is -0.486. The molecule has 0 fully saturated rings.